The van der Waals surface area contributed by atoms with Crippen LogP contribution in [0.4, 0.5) is 0 Å². The van der Waals surface area contributed by atoms with Gasteiger partial charge in [0.1, 0.15) is 0 Å². The standard InChI is InChI=1S/C10H19NO3/c1-3-14-10(13)7-11(2)6-8-4-9(12)5-8/h8-9,12H,3-7H2,1-2H3. The van der Waals surface area contributed by atoms with E-state index in [1.807, 2.05) is 11.9 Å². The SMILES string of the molecule is CCOC(=O)CN(C)CC1CC(O)C1. The molecule has 1 aliphatic carbocycles. The van der Waals surface area contributed by atoms with E-state index in [1.54, 1.807) is 6.92 Å². The Kier molecular flexibility index (Phi) is 4.35. The highest BCUT2D eigenvalue weighted by Gasteiger charge is 2.28. The van der Waals surface area contributed by atoms with Gasteiger partial charge in [-0.2, -0.15) is 0 Å². The summed E-state index contributed by atoms with van der Waals surface area (Å²) in [7, 11) is 1.90. The van der Waals surface area contributed by atoms with E-state index in [2.05, 4.69) is 0 Å². The molecule has 0 aliphatic heterocycles. The summed E-state index contributed by atoms with van der Waals surface area (Å²) in [6.45, 7) is 3.46. The second kappa shape index (κ2) is 5.32. The van der Waals surface area contributed by atoms with Crippen LogP contribution in [0.3, 0.4) is 0 Å². The summed E-state index contributed by atoms with van der Waals surface area (Å²) in [5, 5.41) is 9.09. The summed E-state index contributed by atoms with van der Waals surface area (Å²) in [4.78, 5) is 13.0. The smallest absolute Gasteiger partial charge is 0.320 e. The quantitative estimate of drug-likeness (QED) is 0.648. The van der Waals surface area contributed by atoms with Gasteiger partial charge in [-0.05, 0) is 32.7 Å². The Morgan fingerprint density at radius 3 is 2.71 bits per heavy atom. The van der Waals surface area contributed by atoms with Crippen LogP contribution in [-0.4, -0.2) is 48.8 Å². The zero-order valence-electron chi connectivity index (χ0n) is 8.90. The Morgan fingerprint density at radius 2 is 2.21 bits per heavy atom. The van der Waals surface area contributed by atoms with Gasteiger partial charge in [-0.25, -0.2) is 0 Å². The maximum Gasteiger partial charge on any atom is 0.320 e. The maximum atomic E-state index is 11.1. The van der Waals surface area contributed by atoms with Crippen molar-refractivity contribution in [2.24, 2.45) is 5.92 Å². The van der Waals surface area contributed by atoms with Crippen LogP contribution >= 0.6 is 0 Å². The highest BCUT2D eigenvalue weighted by molar-refractivity contribution is 5.71. The Hall–Kier alpha value is -0.610. The highest BCUT2D eigenvalue weighted by atomic mass is 16.5. The summed E-state index contributed by atoms with van der Waals surface area (Å²) >= 11 is 0. The summed E-state index contributed by atoms with van der Waals surface area (Å²) in [6.07, 6.45) is 1.62. The molecule has 82 valence electrons. The van der Waals surface area contributed by atoms with Crippen LogP contribution in [0, 0.1) is 5.92 Å². The van der Waals surface area contributed by atoms with Crippen LogP contribution < -0.4 is 0 Å². The molecule has 0 saturated heterocycles. The third-order valence-electron chi connectivity index (χ3n) is 2.49. The molecule has 0 aromatic heterocycles. The number of aliphatic hydroxyl groups is 1. The van der Waals surface area contributed by atoms with Crippen molar-refractivity contribution in [3.63, 3.8) is 0 Å². The van der Waals surface area contributed by atoms with Gasteiger partial charge in [0, 0.05) is 6.54 Å². The predicted molar refractivity (Wildman–Crippen MR) is 52.9 cm³/mol. The number of likely N-dealkylation sites (N-methyl/N-ethyl adjacent to an activating group) is 1. The molecule has 1 saturated carbocycles. The van der Waals surface area contributed by atoms with Crippen molar-refractivity contribution in [1.82, 2.24) is 4.90 Å². The molecule has 0 radical (unpaired) electrons. The number of esters is 1. The fourth-order valence-corrected chi connectivity index (χ4v) is 1.78. The third-order valence-corrected chi connectivity index (χ3v) is 2.49. The summed E-state index contributed by atoms with van der Waals surface area (Å²) < 4.78 is 4.84. The van der Waals surface area contributed by atoms with Crippen molar-refractivity contribution in [2.75, 3.05) is 26.7 Å². The van der Waals surface area contributed by atoms with Crippen LogP contribution in [0.2, 0.25) is 0 Å². The molecule has 0 amide bonds. The van der Waals surface area contributed by atoms with Gasteiger partial charge in [-0.1, -0.05) is 0 Å². The van der Waals surface area contributed by atoms with Crippen LogP contribution in [0.25, 0.3) is 0 Å². The average Bonchev–Trinajstić information content (AvgIpc) is 2.01. The first-order valence-electron chi connectivity index (χ1n) is 5.14. The van der Waals surface area contributed by atoms with E-state index in [1.165, 1.54) is 0 Å². The topological polar surface area (TPSA) is 49.8 Å². The maximum absolute atomic E-state index is 11.1. The summed E-state index contributed by atoms with van der Waals surface area (Å²) in [6, 6.07) is 0. The molecule has 0 spiro atoms. The number of rotatable bonds is 5. The lowest BCUT2D eigenvalue weighted by Crippen LogP contribution is -2.39. The zero-order valence-corrected chi connectivity index (χ0v) is 8.90. The van der Waals surface area contributed by atoms with Crippen molar-refractivity contribution in [1.29, 1.82) is 0 Å². The largest absolute Gasteiger partial charge is 0.465 e. The Bertz CT molecular complexity index is 190. The van der Waals surface area contributed by atoms with E-state index in [4.69, 9.17) is 9.84 Å². The van der Waals surface area contributed by atoms with E-state index in [-0.39, 0.29) is 12.1 Å². The van der Waals surface area contributed by atoms with Gasteiger partial charge in [0.2, 0.25) is 0 Å². The lowest BCUT2D eigenvalue weighted by molar-refractivity contribution is -0.144. The number of aliphatic hydroxyl groups excluding tert-OH is 1. The van der Waals surface area contributed by atoms with Gasteiger partial charge < -0.3 is 9.84 Å². The number of nitrogens with zero attached hydrogens (tertiary/aromatic N) is 1. The van der Waals surface area contributed by atoms with Crippen molar-refractivity contribution >= 4 is 5.97 Å². The van der Waals surface area contributed by atoms with E-state index in [9.17, 15) is 4.79 Å². The molecular formula is C10H19NO3. The van der Waals surface area contributed by atoms with Crippen LogP contribution in [0.15, 0.2) is 0 Å². The minimum Gasteiger partial charge on any atom is -0.465 e. The first kappa shape index (κ1) is 11.5. The van der Waals surface area contributed by atoms with Gasteiger partial charge in [-0.15, -0.1) is 0 Å². The molecule has 0 atom stereocenters. The summed E-state index contributed by atoms with van der Waals surface area (Å²) in [5.41, 5.74) is 0. The van der Waals surface area contributed by atoms with Crippen molar-refractivity contribution in [3.05, 3.63) is 0 Å². The molecule has 4 heteroatoms. The Morgan fingerprint density at radius 1 is 1.57 bits per heavy atom. The molecule has 1 N–H and O–H groups in total. The molecule has 0 unspecified atom stereocenters. The Labute approximate surface area is 84.8 Å². The number of hydrogen-bond acceptors (Lipinski definition) is 4. The highest BCUT2D eigenvalue weighted by Crippen LogP contribution is 2.27. The number of carbonyl (C=O) groups excluding carboxylic acids is 1. The van der Waals surface area contributed by atoms with Gasteiger partial charge in [0.05, 0.1) is 19.3 Å². The molecule has 0 bridgehead atoms. The minimum atomic E-state index is -0.171. The fourth-order valence-electron chi connectivity index (χ4n) is 1.78. The number of hydrogen-bond donors (Lipinski definition) is 1. The fraction of sp³-hybridized carbons (Fsp3) is 0.900. The van der Waals surface area contributed by atoms with Gasteiger partial charge >= 0.3 is 5.97 Å². The normalized spacial score (nSPS) is 26.0. The minimum absolute atomic E-state index is 0.115. The first-order valence-corrected chi connectivity index (χ1v) is 5.14. The van der Waals surface area contributed by atoms with E-state index < -0.39 is 0 Å². The molecule has 1 rings (SSSR count). The monoisotopic (exact) mass is 201 g/mol. The van der Waals surface area contributed by atoms with E-state index in [0.717, 1.165) is 19.4 Å². The number of carbonyl (C=O) groups is 1. The summed E-state index contributed by atoms with van der Waals surface area (Å²) in [5.74, 6) is 0.374. The lowest BCUT2D eigenvalue weighted by Gasteiger charge is -2.34. The van der Waals surface area contributed by atoms with Crippen LogP contribution in [0.1, 0.15) is 19.8 Å². The third kappa shape index (κ3) is 3.64. The van der Waals surface area contributed by atoms with Gasteiger partial charge in [0.15, 0.2) is 0 Å². The molecule has 1 aliphatic rings. The van der Waals surface area contributed by atoms with Crippen LogP contribution in [-0.2, 0) is 9.53 Å². The second-order valence-corrected chi connectivity index (χ2v) is 3.99. The molecule has 4 nitrogen and oxygen atoms in total. The first-order chi connectivity index (χ1) is 6.61. The van der Waals surface area contributed by atoms with E-state index in [0.29, 0.717) is 19.1 Å². The van der Waals surface area contributed by atoms with Crippen molar-refractivity contribution in [3.8, 4) is 0 Å². The van der Waals surface area contributed by atoms with Crippen LogP contribution in [0.5, 0.6) is 0 Å². The lowest BCUT2D eigenvalue weighted by atomic mass is 9.82. The molecule has 14 heavy (non-hydrogen) atoms. The Balaban J connectivity index is 2.09. The molecular weight excluding hydrogens is 182 g/mol. The van der Waals surface area contributed by atoms with E-state index >= 15 is 0 Å². The van der Waals surface area contributed by atoms with Gasteiger partial charge in [-0.3, -0.25) is 9.69 Å². The average molecular weight is 201 g/mol. The predicted octanol–water partition coefficient (Wildman–Crippen LogP) is 0.252. The molecule has 0 heterocycles. The second-order valence-electron chi connectivity index (χ2n) is 3.99. The molecule has 0 aromatic carbocycles. The van der Waals surface area contributed by atoms with Crippen molar-refractivity contribution in [2.45, 2.75) is 25.9 Å². The molecule has 1 fully saturated rings. The van der Waals surface area contributed by atoms with Crippen molar-refractivity contribution < 1.29 is 14.6 Å². The number of ether oxygens (including phenoxy) is 1. The van der Waals surface area contributed by atoms with Gasteiger partial charge in [0.25, 0.3) is 0 Å². The zero-order chi connectivity index (χ0) is 10.6. The molecule has 0 aromatic rings.